The topological polar surface area (TPSA) is 53.6 Å². The van der Waals surface area contributed by atoms with Gasteiger partial charge in [-0.2, -0.15) is 0 Å². The molecule has 122 valence electrons. The minimum atomic E-state index is -0.00871. The molecule has 2 N–H and O–H groups in total. The van der Waals surface area contributed by atoms with E-state index in [1.54, 1.807) is 0 Å². The van der Waals surface area contributed by atoms with E-state index >= 15 is 0 Å². The summed E-state index contributed by atoms with van der Waals surface area (Å²) in [5.41, 5.74) is 2.44. The van der Waals surface area contributed by atoms with E-state index in [-0.39, 0.29) is 11.8 Å². The van der Waals surface area contributed by atoms with Crippen LogP contribution in [0.25, 0.3) is 0 Å². The van der Waals surface area contributed by atoms with Crippen molar-refractivity contribution in [2.75, 3.05) is 39.9 Å². The molecule has 1 saturated heterocycles. The summed E-state index contributed by atoms with van der Waals surface area (Å²) in [6.45, 7) is 7.84. The molecule has 5 heteroatoms. The van der Waals surface area contributed by atoms with E-state index in [1.165, 1.54) is 5.56 Å². The van der Waals surface area contributed by atoms with Gasteiger partial charge in [0.15, 0.2) is 0 Å². The zero-order chi connectivity index (χ0) is 15.8. The van der Waals surface area contributed by atoms with Gasteiger partial charge in [-0.1, -0.05) is 31.2 Å². The minimum absolute atomic E-state index is 0.00871. The van der Waals surface area contributed by atoms with E-state index in [4.69, 9.17) is 4.74 Å². The Hall–Kier alpha value is -1.43. The van der Waals surface area contributed by atoms with Crippen LogP contribution in [0.5, 0.6) is 0 Å². The van der Waals surface area contributed by atoms with Crippen molar-refractivity contribution in [2.24, 2.45) is 5.92 Å². The Morgan fingerprint density at radius 1 is 1.23 bits per heavy atom. The quantitative estimate of drug-likeness (QED) is 0.789. The van der Waals surface area contributed by atoms with Crippen LogP contribution in [0.3, 0.4) is 0 Å². The maximum Gasteiger partial charge on any atom is 0.224 e. The Morgan fingerprint density at radius 2 is 1.86 bits per heavy atom. The maximum absolute atomic E-state index is 11.9. The second-order valence-corrected chi connectivity index (χ2v) is 5.88. The summed E-state index contributed by atoms with van der Waals surface area (Å²) >= 11 is 0. The van der Waals surface area contributed by atoms with Gasteiger partial charge in [0, 0.05) is 38.6 Å². The van der Waals surface area contributed by atoms with Crippen LogP contribution in [0.15, 0.2) is 24.3 Å². The van der Waals surface area contributed by atoms with Crippen LogP contribution in [-0.4, -0.2) is 50.7 Å². The molecule has 1 unspecified atom stereocenters. The van der Waals surface area contributed by atoms with Crippen LogP contribution in [0.2, 0.25) is 0 Å². The number of carbonyl (C=O) groups excluding carboxylic acids is 1. The zero-order valence-electron chi connectivity index (χ0n) is 13.6. The van der Waals surface area contributed by atoms with Gasteiger partial charge in [-0.05, 0) is 18.2 Å². The monoisotopic (exact) mass is 305 g/mol. The highest BCUT2D eigenvalue weighted by Crippen LogP contribution is 2.09. The average molecular weight is 305 g/mol. The van der Waals surface area contributed by atoms with Gasteiger partial charge in [0.25, 0.3) is 0 Å². The summed E-state index contributed by atoms with van der Waals surface area (Å²) in [5.74, 6) is 0.0809. The first kappa shape index (κ1) is 16.9. The Balaban J connectivity index is 1.77. The first-order chi connectivity index (χ1) is 10.7. The van der Waals surface area contributed by atoms with Crippen molar-refractivity contribution in [3.8, 4) is 0 Å². The van der Waals surface area contributed by atoms with Crippen molar-refractivity contribution >= 4 is 5.91 Å². The number of rotatable bonds is 7. The Bertz CT molecular complexity index is 455. The van der Waals surface area contributed by atoms with Crippen LogP contribution >= 0.6 is 0 Å². The average Bonchev–Trinajstić information content (AvgIpc) is 2.55. The lowest BCUT2D eigenvalue weighted by Crippen LogP contribution is -2.35. The molecule has 0 aromatic heterocycles. The molecule has 0 radical (unpaired) electrons. The summed E-state index contributed by atoms with van der Waals surface area (Å²) < 4.78 is 5.36. The fraction of sp³-hybridized carbons (Fsp3) is 0.588. The minimum Gasteiger partial charge on any atom is -0.379 e. The predicted octanol–water partition coefficient (Wildman–Crippen LogP) is 0.991. The van der Waals surface area contributed by atoms with Gasteiger partial charge in [-0.15, -0.1) is 0 Å². The number of hydrogen-bond acceptors (Lipinski definition) is 4. The summed E-state index contributed by atoms with van der Waals surface area (Å²) in [7, 11) is 1.86. The lowest BCUT2D eigenvalue weighted by atomic mass is 10.1. The van der Waals surface area contributed by atoms with E-state index in [2.05, 4.69) is 39.8 Å². The van der Waals surface area contributed by atoms with Crippen molar-refractivity contribution in [1.29, 1.82) is 0 Å². The van der Waals surface area contributed by atoms with Gasteiger partial charge in [0.2, 0.25) is 5.91 Å². The number of morpholine rings is 1. The Morgan fingerprint density at radius 3 is 2.50 bits per heavy atom. The molecule has 0 bridgehead atoms. The molecule has 1 amide bonds. The number of ether oxygens (including phenoxy) is 1. The van der Waals surface area contributed by atoms with Gasteiger partial charge in [-0.3, -0.25) is 9.69 Å². The Kier molecular flexibility index (Phi) is 6.83. The molecule has 1 fully saturated rings. The van der Waals surface area contributed by atoms with Crippen molar-refractivity contribution in [3.63, 3.8) is 0 Å². The lowest BCUT2D eigenvalue weighted by Gasteiger charge is -2.26. The van der Waals surface area contributed by atoms with E-state index in [0.29, 0.717) is 13.1 Å². The van der Waals surface area contributed by atoms with Crippen LogP contribution < -0.4 is 10.6 Å². The van der Waals surface area contributed by atoms with Crippen LogP contribution in [0.4, 0.5) is 0 Å². The molecule has 0 spiro atoms. The molecular formula is C17H27N3O2. The summed E-state index contributed by atoms with van der Waals surface area (Å²) in [6, 6.07) is 8.49. The third-order valence-electron chi connectivity index (χ3n) is 3.96. The smallest absolute Gasteiger partial charge is 0.224 e. The normalized spacial score (nSPS) is 17.2. The number of nitrogens with one attached hydrogen (secondary N) is 2. The molecule has 1 aliphatic rings. The van der Waals surface area contributed by atoms with E-state index < -0.39 is 0 Å². The fourth-order valence-corrected chi connectivity index (χ4v) is 2.54. The van der Waals surface area contributed by atoms with Gasteiger partial charge in [0.05, 0.1) is 13.2 Å². The van der Waals surface area contributed by atoms with Crippen molar-refractivity contribution < 1.29 is 9.53 Å². The molecule has 1 aromatic carbocycles. The van der Waals surface area contributed by atoms with Crippen LogP contribution in [0.1, 0.15) is 18.1 Å². The molecule has 1 aliphatic heterocycles. The maximum atomic E-state index is 11.9. The number of benzene rings is 1. The highest BCUT2D eigenvalue weighted by Gasteiger charge is 2.12. The molecule has 1 aromatic rings. The molecule has 22 heavy (non-hydrogen) atoms. The predicted molar refractivity (Wildman–Crippen MR) is 87.5 cm³/mol. The number of carbonyl (C=O) groups is 1. The third kappa shape index (κ3) is 5.40. The molecule has 0 saturated carbocycles. The van der Waals surface area contributed by atoms with Gasteiger partial charge >= 0.3 is 0 Å². The largest absolute Gasteiger partial charge is 0.379 e. The molecule has 1 heterocycles. The summed E-state index contributed by atoms with van der Waals surface area (Å²) in [5, 5.41) is 6.00. The number of hydrogen-bond donors (Lipinski definition) is 2. The Labute approximate surface area is 133 Å². The van der Waals surface area contributed by atoms with Crippen molar-refractivity contribution in [2.45, 2.75) is 20.0 Å². The molecule has 5 nitrogen and oxygen atoms in total. The first-order valence-electron chi connectivity index (χ1n) is 7.99. The van der Waals surface area contributed by atoms with Crippen LogP contribution in [0, 0.1) is 5.92 Å². The summed E-state index contributed by atoms with van der Waals surface area (Å²) in [6.07, 6.45) is 0. The van der Waals surface area contributed by atoms with Crippen molar-refractivity contribution in [3.05, 3.63) is 35.4 Å². The number of nitrogens with zero attached hydrogens (tertiary/aromatic N) is 1. The van der Waals surface area contributed by atoms with Gasteiger partial charge in [-0.25, -0.2) is 0 Å². The van der Waals surface area contributed by atoms with E-state index in [9.17, 15) is 4.79 Å². The fourth-order valence-electron chi connectivity index (χ4n) is 2.54. The van der Waals surface area contributed by atoms with Crippen LogP contribution in [-0.2, 0) is 22.6 Å². The standard InChI is InChI=1S/C17H27N3O2/c1-14(11-18-2)17(21)19-12-15-3-5-16(6-4-15)13-20-7-9-22-10-8-20/h3-6,14,18H,7-13H2,1-2H3,(H,19,21). The SMILES string of the molecule is CNCC(C)C(=O)NCc1ccc(CN2CCOCC2)cc1. The highest BCUT2D eigenvalue weighted by molar-refractivity contribution is 5.78. The van der Waals surface area contributed by atoms with E-state index in [0.717, 1.165) is 38.4 Å². The highest BCUT2D eigenvalue weighted by atomic mass is 16.5. The second-order valence-electron chi connectivity index (χ2n) is 5.88. The van der Waals surface area contributed by atoms with Gasteiger partial charge < -0.3 is 15.4 Å². The molecular weight excluding hydrogens is 278 g/mol. The van der Waals surface area contributed by atoms with Crippen molar-refractivity contribution in [1.82, 2.24) is 15.5 Å². The van der Waals surface area contributed by atoms with E-state index in [1.807, 2.05) is 14.0 Å². The molecule has 2 rings (SSSR count). The molecule has 0 aliphatic carbocycles. The zero-order valence-corrected chi connectivity index (χ0v) is 13.6. The van der Waals surface area contributed by atoms with Gasteiger partial charge in [0.1, 0.15) is 0 Å². The third-order valence-corrected chi connectivity index (χ3v) is 3.96. The first-order valence-corrected chi connectivity index (χ1v) is 7.99. The number of amides is 1. The molecule has 1 atom stereocenters. The lowest BCUT2D eigenvalue weighted by molar-refractivity contribution is -0.124. The second kappa shape index (κ2) is 8.88. The summed E-state index contributed by atoms with van der Waals surface area (Å²) in [4.78, 5) is 14.3.